The smallest absolute Gasteiger partial charge is 0.328 e. The summed E-state index contributed by atoms with van der Waals surface area (Å²) in [6, 6.07) is 15.0. The Balaban J connectivity index is 1.79. The number of carbonyl (C=O) groups is 3. The normalized spacial score (nSPS) is 12.7. The molecule has 168 valence electrons. The van der Waals surface area contributed by atoms with Crippen LogP contribution in [-0.2, 0) is 36.8 Å². The first-order valence-electron chi connectivity index (χ1n) is 10.1. The molecule has 3 aromatic rings. The molecular weight excluding hydrogens is 412 g/mol. The number of nitrogens with two attached hydrogens (primary N) is 1. The van der Waals surface area contributed by atoms with Gasteiger partial charge >= 0.3 is 5.97 Å². The zero-order valence-corrected chi connectivity index (χ0v) is 17.7. The standard InChI is InChI=1S/C23H26N4O5/c1-31-23(30)20(12-16-13-25-18-10-6-5-9-17(16)18)27-22(29)19(26-21(28)14-32-24)11-15-7-3-2-4-8-15/h2-10,13,19-20,25H,11-12,14,24H2,1H3,(H,26,28)(H,27,29). The Kier molecular flexibility index (Phi) is 7.96. The lowest BCUT2D eigenvalue weighted by Crippen LogP contribution is -2.53. The quantitative estimate of drug-likeness (QED) is 0.275. The van der Waals surface area contributed by atoms with Crippen molar-refractivity contribution in [1.82, 2.24) is 15.6 Å². The van der Waals surface area contributed by atoms with Crippen LogP contribution in [0.3, 0.4) is 0 Å². The predicted molar refractivity (Wildman–Crippen MR) is 118 cm³/mol. The van der Waals surface area contributed by atoms with Gasteiger partial charge in [-0.05, 0) is 17.2 Å². The van der Waals surface area contributed by atoms with Gasteiger partial charge in [0.2, 0.25) is 11.8 Å². The summed E-state index contributed by atoms with van der Waals surface area (Å²) in [5.41, 5.74) is 2.62. The predicted octanol–water partition coefficient (Wildman–Crippen LogP) is 0.986. The van der Waals surface area contributed by atoms with Crippen molar-refractivity contribution in [1.29, 1.82) is 0 Å². The van der Waals surface area contributed by atoms with Gasteiger partial charge in [-0.15, -0.1) is 0 Å². The van der Waals surface area contributed by atoms with Crippen LogP contribution in [0.2, 0.25) is 0 Å². The molecule has 2 unspecified atom stereocenters. The Labute approximate surface area is 185 Å². The summed E-state index contributed by atoms with van der Waals surface area (Å²) < 4.78 is 4.90. The maximum Gasteiger partial charge on any atom is 0.328 e. The van der Waals surface area contributed by atoms with Crippen molar-refractivity contribution in [3.05, 3.63) is 71.9 Å². The van der Waals surface area contributed by atoms with Crippen LogP contribution in [0.15, 0.2) is 60.8 Å². The van der Waals surface area contributed by atoms with Crippen LogP contribution in [0.5, 0.6) is 0 Å². The average molecular weight is 438 g/mol. The molecule has 32 heavy (non-hydrogen) atoms. The van der Waals surface area contributed by atoms with E-state index in [1.54, 1.807) is 6.20 Å². The van der Waals surface area contributed by atoms with Crippen LogP contribution in [0, 0.1) is 0 Å². The molecule has 1 heterocycles. The molecule has 0 saturated carbocycles. The number of H-pyrrole nitrogens is 1. The number of aromatic amines is 1. The molecule has 0 aliphatic rings. The van der Waals surface area contributed by atoms with Gasteiger partial charge in [-0.25, -0.2) is 10.7 Å². The van der Waals surface area contributed by atoms with E-state index < -0.39 is 36.5 Å². The fourth-order valence-corrected chi connectivity index (χ4v) is 3.50. The first-order chi connectivity index (χ1) is 15.5. The summed E-state index contributed by atoms with van der Waals surface area (Å²) in [4.78, 5) is 45.1. The number of nitrogens with one attached hydrogen (secondary N) is 3. The van der Waals surface area contributed by atoms with E-state index in [0.717, 1.165) is 22.0 Å². The third-order valence-corrected chi connectivity index (χ3v) is 5.05. The number of esters is 1. The van der Waals surface area contributed by atoms with Crippen molar-refractivity contribution in [2.24, 2.45) is 5.90 Å². The van der Waals surface area contributed by atoms with Crippen molar-refractivity contribution in [3.63, 3.8) is 0 Å². The van der Waals surface area contributed by atoms with Gasteiger partial charge in [-0.3, -0.25) is 14.4 Å². The highest BCUT2D eigenvalue weighted by Gasteiger charge is 2.28. The molecule has 0 aliphatic carbocycles. The van der Waals surface area contributed by atoms with E-state index in [1.165, 1.54) is 7.11 Å². The molecule has 0 bridgehead atoms. The number of fused-ring (bicyclic) bond motifs is 1. The molecule has 2 amide bonds. The SMILES string of the molecule is COC(=O)C(Cc1c[nH]c2ccccc12)NC(=O)C(Cc1ccccc1)NC(=O)CON. The molecule has 9 nitrogen and oxygen atoms in total. The zero-order valence-electron chi connectivity index (χ0n) is 17.7. The Hall–Kier alpha value is -3.69. The molecule has 1 aromatic heterocycles. The van der Waals surface area contributed by atoms with E-state index in [1.807, 2.05) is 54.6 Å². The maximum absolute atomic E-state index is 13.1. The largest absolute Gasteiger partial charge is 0.467 e. The average Bonchev–Trinajstić information content (AvgIpc) is 3.21. The number of benzene rings is 2. The van der Waals surface area contributed by atoms with E-state index in [9.17, 15) is 14.4 Å². The highest BCUT2D eigenvalue weighted by molar-refractivity contribution is 5.92. The fraction of sp³-hybridized carbons (Fsp3) is 0.261. The van der Waals surface area contributed by atoms with Crippen molar-refractivity contribution < 1.29 is 24.0 Å². The fourth-order valence-electron chi connectivity index (χ4n) is 3.50. The van der Waals surface area contributed by atoms with Crippen LogP contribution in [0.4, 0.5) is 0 Å². The Morgan fingerprint density at radius 3 is 2.41 bits per heavy atom. The summed E-state index contributed by atoms with van der Waals surface area (Å²) in [6.07, 6.45) is 2.25. The van der Waals surface area contributed by atoms with Gasteiger partial charge in [0.25, 0.3) is 0 Å². The second-order valence-corrected chi connectivity index (χ2v) is 7.27. The van der Waals surface area contributed by atoms with E-state index in [4.69, 9.17) is 10.6 Å². The number of para-hydroxylation sites is 1. The summed E-state index contributed by atoms with van der Waals surface area (Å²) in [7, 11) is 1.26. The lowest BCUT2D eigenvalue weighted by atomic mass is 10.0. The summed E-state index contributed by atoms with van der Waals surface area (Å²) >= 11 is 0. The van der Waals surface area contributed by atoms with E-state index in [2.05, 4.69) is 20.5 Å². The number of rotatable bonds is 10. The van der Waals surface area contributed by atoms with Crippen LogP contribution >= 0.6 is 0 Å². The minimum absolute atomic E-state index is 0.223. The highest BCUT2D eigenvalue weighted by Crippen LogP contribution is 2.19. The third kappa shape index (κ3) is 5.93. The van der Waals surface area contributed by atoms with Crippen molar-refractivity contribution in [3.8, 4) is 0 Å². The summed E-state index contributed by atoms with van der Waals surface area (Å²) in [6.45, 7) is -0.395. The minimum atomic E-state index is -0.937. The lowest BCUT2D eigenvalue weighted by molar-refractivity contribution is -0.145. The van der Waals surface area contributed by atoms with Crippen molar-refractivity contribution in [2.45, 2.75) is 24.9 Å². The van der Waals surface area contributed by atoms with Crippen LogP contribution < -0.4 is 16.5 Å². The molecule has 2 aromatic carbocycles. The first kappa shape index (κ1) is 23.0. The first-order valence-corrected chi connectivity index (χ1v) is 10.1. The van der Waals surface area contributed by atoms with Gasteiger partial charge in [-0.2, -0.15) is 0 Å². The third-order valence-electron chi connectivity index (χ3n) is 5.05. The van der Waals surface area contributed by atoms with Crippen LogP contribution in [0.25, 0.3) is 10.9 Å². The molecule has 9 heteroatoms. The number of hydrogen-bond donors (Lipinski definition) is 4. The lowest BCUT2D eigenvalue weighted by Gasteiger charge is -2.22. The molecule has 0 fully saturated rings. The van der Waals surface area contributed by atoms with Gasteiger partial charge < -0.3 is 20.4 Å². The van der Waals surface area contributed by atoms with Crippen molar-refractivity contribution >= 4 is 28.7 Å². The molecular formula is C23H26N4O5. The Morgan fingerprint density at radius 2 is 1.69 bits per heavy atom. The number of hydrogen-bond acceptors (Lipinski definition) is 6. The van der Waals surface area contributed by atoms with Gasteiger partial charge in [0.1, 0.15) is 18.7 Å². The Bertz CT molecular complexity index is 1070. The molecule has 5 N–H and O–H groups in total. The Morgan fingerprint density at radius 1 is 0.969 bits per heavy atom. The van der Waals surface area contributed by atoms with Crippen molar-refractivity contribution in [2.75, 3.05) is 13.7 Å². The highest BCUT2D eigenvalue weighted by atomic mass is 16.6. The number of carbonyl (C=O) groups excluding carboxylic acids is 3. The monoisotopic (exact) mass is 438 g/mol. The second-order valence-electron chi connectivity index (χ2n) is 7.27. The van der Waals surface area contributed by atoms with Crippen LogP contribution in [0.1, 0.15) is 11.1 Å². The van der Waals surface area contributed by atoms with E-state index in [0.29, 0.717) is 0 Å². The minimum Gasteiger partial charge on any atom is -0.467 e. The van der Waals surface area contributed by atoms with Gasteiger partial charge in [0.05, 0.1) is 7.11 Å². The molecule has 0 saturated heterocycles. The zero-order chi connectivity index (χ0) is 22.9. The van der Waals surface area contributed by atoms with Crippen LogP contribution in [-0.4, -0.2) is 48.6 Å². The van der Waals surface area contributed by atoms with Gasteiger partial charge in [0.15, 0.2) is 0 Å². The molecule has 0 spiro atoms. The van der Waals surface area contributed by atoms with E-state index >= 15 is 0 Å². The van der Waals surface area contributed by atoms with E-state index in [-0.39, 0.29) is 12.8 Å². The second kappa shape index (κ2) is 11.1. The van der Waals surface area contributed by atoms with Gasteiger partial charge in [0, 0.05) is 29.9 Å². The molecule has 0 radical (unpaired) electrons. The number of ether oxygens (including phenoxy) is 1. The van der Waals surface area contributed by atoms with Gasteiger partial charge in [-0.1, -0.05) is 48.5 Å². The summed E-state index contributed by atoms with van der Waals surface area (Å²) in [5.74, 6) is 3.32. The maximum atomic E-state index is 13.1. The number of aromatic nitrogens is 1. The molecule has 0 aliphatic heterocycles. The topological polar surface area (TPSA) is 136 Å². The number of amides is 2. The molecule has 3 rings (SSSR count). The number of methoxy groups -OCH3 is 1. The molecule has 2 atom stereocenters. The summed E-state index contributed by atoms with van der Waals surface area (Å²) in [5, 5.41) is 6.28.